The van der Waals surface area contributed by atoms with E-state index < -0.39 is 0 Å². The number of rotatable bonds is 4. The van der Waals surface area contributed by atoms with E-state index in [0.717, 1.165) is 34.2 Å². The Labute approximate surface area is 147 Å². The molecule has 1 amide bonds. The minimum atomic E-state index is 0. The van der Waals surface area contributed by atoms with Crippen molar-refractivity contribution >= 4 is 29.7 Å². The summed E-state index contributed by atoms with van der Waals surface area (Å²) < 4.78 is 0. The van der Waals surface area contributed by atoms with Crippen LogP contribution in [0, 0.1) is 19.8 Å². The highest BCUT2D eigenvalue weighted by Crippen LogP contribution is 2.32. The van der Waals surface area contributed by atoms with E-state index >= 15 is 0 Å². The van der Waals surface area contributed by atoms with Crippen LogP contribution in [0.15, 0.2) is 24.3 Å². The summed E-state index contributed by atoms with van der Waals surface area (Å²) in [6.07, 6.45) is 0. The number of aryl methyl sites for hydroxylation is 2. The molecule has 1 saturated heterocycles. The SMILES string of the molecule is Cc1ccc(-c2nc(C)c(C(C)NC(=O)C3CNC3)s2)cc1.Cl. The number of amides is 1. The molecule has 0 saturated carbocycles. The topological polar surface area (TPSA) is 54.0 Å². The summed E-state index contributed by atoms with van der Waals surface area (Å²) in [5.41, 5.74) is 3.37. The lowest BCUT2D eigenvalue weighted by Gasteiger charge is -2.27. The second-order valence-electron chi connectivity index (χ2n) is 5.92. The van der Waals surface area contributed by atoms with Gasteiger partial charge in [-0.1, -0.05) is 29.8 Å². The molecular formula is C17H22ClN3OS. The van der Waals surface area contributed by atoms with Gasteiger partial charge in [-0.15, -0.1) is 23.7 Å². The molecule has 1 aliphatic heterocycles. The zero-order valence-corrected chi connectivity index (χ0v) is 15.2. The van der Waals surface area contributed by atoms with Crippen LogP contribution in [-0.2, 0) is 4.79 Å². The summed E-state index contributed by atoms with van der Waals surface area (Å²) in [7, 11) is 0. The first-order valence-electron chi connectivity index (χ1n) is 7.60. The smallest absolute Gasteiger partial charge is 0.226 e. The van der Waals surface area contributed by atoms with Crippen LogP contribution in [0.3, 0.4) is 0 Å². The van der Waals surface area contributed by atoms with Gasteiger partial charge < -0.3 is 10.6 Å². The Kier molecular flexibility index (Phi) is 5.79. The normalized spacial score (nSPS) is 15.4. The minimum Gasteiger partial charge on any atom is -0.348 e. The van der Waals surface area contributed by atoms with Crippen LogP contribution in [-0.4, -0.2) is 24.0 Å². The molecule has 1 fully saturated rings. The van der Waals surface area contributed by atoms with Gasteiger partial charge in [0.25, 0.3) is 0 Å². The maximum atomic E-state index is 12.1. The third kappa shape index (κ3) is 3.91. The maximum Gasteiger partial charge on any atom is 0.226 e. The van der Waals surface area contributed by atoms with Gasteiger partial charge in [-0.25, -0.2) is 4.98 Å². The Morgan fingerprint density at radius 2 is 1.96 bits per heavy atom. The molecule has 1 aromatic heterocycles. The lowest BCUT2D eigenvalue weighted by Crippen LogP contribution is -2.51. The molecule has 124 valence electrons. The number of hydrogen-bond donors (Lipinski definition) is 2. The van der Waals surface area contributed by atoms with Gasteiger partial charge in [0.15, 0.2) is 0 Å². The molecule has 2 heterocycles. The van der Waals surface area contributed by atoms with Gasteiger partial charge in [0.2, 0.25) is 5.91 Å². The van der Waals surface area contributed by atoms with E-state index in [-0.39, 0.29) is 30.3 Å². The van der Waals surface area contributed by atoms with Crippen LogP contribution in [0.5, 0.6) is 0 Å². The van der Waals surface area contributed by atoms with Crippen molar-refractivity contribution in [1.82, 2.24) is 15.6 Å². The average molecular weight is 352 g/mol. The molecular weight excluding hydrogens is 330 g/mol. The summed E-state index contributed by atoms with van der Waals surface area (Å²) in [6, 6.07) is 8.40. The fraction of sp³-hybridized carbons (Fsp3) is 0.412. The summed E-state index contributed by atoms with van der Waals surface area (Å²) >= 11 is 1.66. The Morgan fingerprint density at radius 1 is 1.30 bits per heavy atom. The largest absolute Gasteiger partial charge is 0.348 e. The summed E-state index contributed by atoms with van der Waals surface area (Å²) in [5.74, 6) is 0.253. The van der Waals surface area contributed by atoms with E-state index in [4.69, 9.17) is 0 Å². The predicted molar refractivity (Wildman–Crippen MR) is 97.2 cm³/mol. The van der Waals surface area contributed by atoms with Gasteiger partial charge in [-0.2, -0.15) is 0 Å². The first kappa shape index (κ1) is 17.9. The van der Waals surface area contributed by atoms with E-state index in [2.05, 4.69) is 46.8 Å². The number of benzene rings is 1. The van der Waals surface area contributed by atoms with Crippen molar-refractivity contribution in [3.05, 3.63) is 40.4 Å². The van der Waals surface area contributed by atoms with E-state index in [1.807, 2.05) is 13.8 Å². The van der Waals surface area contributed by atoms with E-state index in [1.54, 1.807) is 11.3 Å². The lowest BCUT2D eigenvalue weighted by atomic mass is 10.0. The molecule has 2 N–H and O–H groups in total. The number of aromatic nitrogens is 1. The molecule has 0 bridgehead atoms. The van der Waals surface area contributed by atoms with Crippen molar-refractivity contribution in [2.45, 2.75) is 26.8 Å². The van der Waals surface area contributed by atoms with E-state index in [9.17, 15) is 4.79 Å². The summed E-state index contributed by atoms with van der Waals surface area (Å²) in [6.45, 7) is 7.69. The lowest BCUT2D eigenvalue weighted by molar-refractivity contribution is -0.127. The Morgan fingerprint density at radius 3 is 2.52 bits per heavy atom. The number of carbonyl (C=O) groups excluding carboxylic acids is 1. The number of carbonyl (C=O) groups is 1. The molecule has 2 aromatic rings. The number of thiazole rings is 1. The van der Waals surface area contributed by atoms with Crippen LogP contribution in [0.2, 0.25) is 0 Å². The van der Waals surface area contributed by atoms with Gasteiger partial charge in [0.05, 0.1) is 22.5 Å². The fourth-order valence-electron chi connectivity index (χ4n) is 2.50. The predicted octanol–water partition coefficient (Wildman–Crippen LogP) is 3.25. The van der Waals surface area contributed by atoms with Crippen LogP contribution < -0.4 is 10.6 Å². The molecule has 23 heavy (non-hydrogen) atoms. The van der Waals surface area contributed by atoms with Crippen molar-refractivity contribution < 1.29 is 4.79 Å². The third-order valence-corrected chi connectivity index (χ3v) is 5.42. The van der Waals surface area contributed by atoms with E-state index in [0.29, 0.717) is 0 Å². The van der Waals surface area contributed by atoms with Crippen LogP contribution >= 0.6 is 23.7 Å². The van der Waals surface area contributed by atoms with Crippen LogP contribution in [0.25, 0.3) is 10.6 Å². The van der Waals surface area contributed by atoms with Crippen molar-refractivity contribution in [3.63, 3.8) is 0 Å². The number of hydrogen-bond acceptors (Lipinski definition) is 4. The van der Waals surface area contributed by atoms with Gasteiger partial charge >= 0.3 is 0 Å². The Bertz CT molecular complexity index is 680. The van der Waals surface area contributed by atoms with Crippen molar-refractivity contribution in [2.75, 3.05) is 13.1 Å². The molecule has 0 radical (unpaired) electrons. The average Bonchev–Trinajstić information content (AvgIpc) is 2.79. The highest BCUT2D eigenvalue weighted by Gasteiger charge is 2.27. The number of halogens is 1. The molecule has 4 nitrogen and oxygen atoms in total. The number of nitrogens with zero attached hydrogens (tertiary/aromatic N) is 1. The quantitative estimate of drug-likeness (QED) is 0.889. The van der Waals surface area contributed by atoms with Gasteiger partial charge in [0.1, 0.15) is 5.01 Å². The third-order valence-electron chi connectivity index (χ3n) is 4.04. The van der Waals surface area contributed by atoms with E-state index in [1.165, 1.54) is 5.56 Å². The first-order valence-corrected chi connectivity index (χ1v) is 8.41. The highest BCUT2D eigenvalue weighted by molar-refractivity contribution is 7.15. The monoisotopic (exact) mass is 351 g/mol. The molecule has 1 atom stereocenters. The van der Waals surface area contributed by atoms with Gasteiger partial charge in [-0.3, -0.25) is 4.79 Å². The van der Waals surface area contributed by atoms with Crippen molar-refractivity contribution in [2.24, 2.45) is 5.92 Å². The molecule has 6 heteroatoms. The minimum absolute atomic E-state index is 0. The molecule has 3 rings (SSSR count). The van der Waals surface area contributed by atoms with Gasteiger partial charge in [0, 0.05) is 18.7 Å². The van der Waals surface area contributed by atoms with Crippen LogP contribution in [0.1, 0.15) is 29.1 Å². The zero-order chi connectivity index (χ0) is 15.7. The number of nitrogens with one attached hydrogen (secondary N) is 2. The molecule has 1 aromatic carbocycles. The zero-order valence-electron chi connectivity index (χ0n) is 13.6. The standard InChI is InChI=1S/C17H21N3OS.ClH/c1-10-4-6-13(7-5-10)17-20-12(3)15(22-17)11(2)19-16(21)14-8-18-9-14;/h4-7,11,14,18H,8-9H2,1-3H3,(H,19,21);1H. The highest BCUT2D eigenvalue weighted by atomic mass is 35.5. The second-order valence-corrected chi connectivity index (χ2v) is 6.95. The van der Waals surface area contributed by atoms with Crippen molar-refractivity contribution in [1.29, 1.82) is 0 Å². The first-order chi connectivity index (χ1) is 10.5. The summed E-state index contributed by atoms with van der Waals surface area (Å²) in [5, 5.41) is 7.24. The molecule has 0 aliphatic carbocycles. The molecule has 0 spiro atoms. The Balaban J connectivity index is 0.00000192. The fourth-order valence-corrected chi connectivity index (χ4v) is 3.57. The molecule has 1 aliphatic rings. The summed E-state index contributed by atoms with van der Waals surface area (Å²) in [4.78, 5) is 17.9. The van der Waals surface area contributed by atoms with Crippen molar-refractivity contribution in [3.8, 4) is 10.6 Å². The maximum absolute atomic E-state index is 12.1. The Hall–Kier alpha value is -1.43. The second kappa shape index (κ2) is 7.43. The van der Waals surface area contributed by atoms with Gasteiger partial charge in [-0.05, 0) is 20.8 Å². The van der Waals surface area contributed by atoms with Crippen LogP contribution in [0.4, 0.5) is 0 Å². The molecule has 1 unspecified atom stereocenters.